The van der Waals surface area contributed by atoms with E-state index < -0.39 is 0 Å². The first-order valence-electron chi connectivity index (χ1n) is 5.78. The van der Waals surface area contributed by atoms with Gasteiger partial charge in [-0.2, -0.15) is 0 Å². The Bertz CT molecular complexity index is 459. The van der Waals surface area contributed by atoms with Crippen molar-refractivity contribution in [2.24, 2.45) is 0 Å². The number of rotatable bonds is 4. The van der Waals surface area contributed by atoms with Gasteiger partial charge in [0.15, 0.2) is 0 Å². The Balaban J connectivity index is 2.14. The molecule has 0 radical (unpaired) electrons. The highest BCUT2D eigenvalue weighted by atomic mass is 35.5. The number of ether oxygens (including phenoxy) is 1. The van der Waals surface area contributed by atoms with Gasteiger partial charge in [-0.05, 0) is 41.8 Å². The van der Waals surface area contributed by atoms with E-state index >= 15 is 0 Å². The number of hydrogen-bond acceptors (Lipinski definition) is 1. The molecule has 0 heterocycles. The number of hydrogen-bond donors (Lipinski definition) is 0. The lowest BCUT2D eigenvalue weighted by Gasteiger charge is -2.06. The van der Waals surface area contributed by atoms with Crippen LogP contribution in [-0.4, -0.2) is 6.61 Å². The van der Waals surface area contributed by atoms with E-state index in [1.165, 1.54) is 5.56 Å². The molecule has 0 unspecified atom stereocenters. The molecule has 0 amide bonds. The fraction of sp³-hybridized carbons (Fsp3) is 0.200. The molecule has 0 spiro atoms. The summed E-state index contributed by atoms with van der Waals surface area (Å²) >= 11 is 5.86. The van der Waals surface area contributed by atoms with E-state index in [1.807, 2.05) is 36.4 Å². The molecule has 0 aromatic heterocycles. The summed E-state index contributed by atoms with van der Waals surface area (Å²) in [6.07, 6.45) is 1.03. The maximum Gasteiger partial charge on any atom is 0.119 e. The standard InChI is InChI=1S/C15H15ClO/c1-2-11-17-15-9-5-13(6-10-15)12-3-7-14(16)8-4-12/h3-10H,2,11H2,1H3. The molecule has 2 heteroatoms. The molecule has 0 aliphatic heterocycles. The van der Waals surface area contributed by atoms with Gasteiger partial charge in [-0.3, -0.25) is 0 Å². The highest BCUT2D eigenvalue weighted by molar-refractivity contribution is 6.30. The maximum atomic E-state index is 5.86. The van der Waals surface area contributed by atoms with E-state index in [1.54, 1.807) is 0 Å². The molecule has 0 aliphatic rings. The van der Waals surface area contributed by atoms with Gasteiger partial charge in [0, 0.05) is 5.02 Å². The molecule has 0 bridgehead atoms. The lowest BCUT2D eigenvalue weighted by Crippen LogP contribution is -1.94. The van der Waals surface area contributed by atoms with Gasteiger partial charge < -0.3 is 4.74 Å². The van der Waals surface area contributed by atoms with Crippen LogP contribution in [0, 0.1) is 0 Å². The molecule has 0 fully saturated rings. The molecule has 0 saturated carbocycles. The first-order chi connectivity index (χ1) is 8.29. The molecule has 0 saturated heterocycles. The van der Waals surface area contributed by atoms with Crippen LogP contribution < -0.4 is 4.74 Å². The Morgan fingerprint density at radius 2 is 1.41 bits per heavy atom. The first kappa shape index (κ1) is 12.0. The Kier molecular flexibility index (Phi) is 4.05. The zero-order valence-corrected chi connectivity index (χ0v) is 10.6. The van der Waals surface area contributed by atoms with Crippen molar-refractivity contribution in [3.63, 3.8) is 0 Å². The second kappa shape index (κ2) is 5.74. The van der Waals surface area contributed by atoms with Gasteiger partial charge in [0.25, 0.3) is 0 Å². The normalized spacial score (nSPS) is 10.2. The predicted molar refractivity (Wildman–Crippen MR) is 72.7 cm³/mol. The van der Waals surface area contributed by atoms with Crippen molar-refractivity contribution < 1.29 is 4.74 Å². The van der Waals surface area contributed by atoms with Gasteiger partial charge in [0.2, 0.25) is 0 Å². The molecular formula is C15H15ClO. The molecule has 2 rings (SSSR count). The Labute approximate surface area is 107 Å². The van der Waals surface area contributed by atoms with Crippen molar-refractivity contribution in [2.45, 2.75) is 13.3 Å². The lowest BCUT2D eigenvalue weighted by atomic mass is 10.1. The fourth-order valence-corrected chi connectivity index (χ4v) is 1.73. The van der Waals surface area contributed by atoms with Crippen LogP contribution in [0.1, 0.15) is 13.3 Å². The molecule has 0 aliphatic carbocycles. The van der Waals surface area contributed by atoms with Crippen molar-refractivity contribution in [3.05, 3.63) is 53.6 Å². The van der Waals surface area contributed by atoms with E-state index in [9.17, 15) is 0 Å². The van der Waals surface area contributed by atoms with Crippen LogP contribution in [0.3, 0.4) is 0 Å². The van der Waals surface area contributed by atoms with Gasteiger partial charge >= 0.3 is 0 Å². The van der Waals surface area contributed by atoms with Crippen LogP contribution in [0.15, 0.2) is 48.5 Å². The van der Waals surface area contributed by atoms with Crippen LogP contribution in [0.5, 0.6) is 5.75 Å². The molecule has 17 heavy (non-hydrogen) atoms. The highest BCUT2D eigenvalue weighted by Crippen LogP contribution is 2.23. The average Bonchev–Trinajstić information content (AvgIpc) is 2.38. The van der Waals surface area contributed by atoms with Crippen molar-refractivity contribution in [1.29, 1.82) is 0 Å². The quantitative estimate of drug-likeness (QED) is 0.753. The molecule has 88 valence electrons. The Morgan fingerprint density at radius 3 is 1.94 bits per heavy atom. The van der Waals surface area contributed by atoms with E-state index in [0.29, 0.717) is 0 Å². The van der Waals surface area contributed by atoms with Gasteiger partial charge in [0.05, 0.1) is 6.61 Å². The highest BCUT2D eigenvalue weighted by Gasteiger charge is 1.98. The minimum atomic E-state index is 0.761. The molecule has 2 aromatic carbocycles. The SMILES string of the molecule is CCCOc1ccc(-c2ccc(Cl)cc2)cc1. The van der Waals surface area contributed by atoms with Crippen LogP contribution in [0.4, 0.5) is 0 Å². The topological polar surface area (TPSA) is 9.23 Å². The second-order valence-electron chi connectivity index (χ2n) is 3.88. The monoisotopic (exact) mass is 246 g/mol. The van der Waals surface area contributed by atoms with Crippen molar-refractivity contribution in [2.75, 3.05) is 6.61 Å². The summed E-state index contributed by atoms with van der Waals surface area (Å²) in [6.45, 7) is 2.86. The van der Waals surface area contributed by atoms with Crippen LogP contribution in [0.2, 0.25) is 5.02 Å². The summed E-state index contributed by atoms with van der Waals surface area (Å²) in [5.74, 6) is 0.921. The Hall–Kier alpha value is -1.47. The average molecular weight is 247 g/mol. The molecule has 2 aromatic rings. The molecule has 0 N–H and O–H groups in total. The largest absolute Gasteiger partial charge is 0.494 e. The van der Waals surface area contributed by atoms with Crippen molar-refractivity contribution in [1.82, 2.24) is 0 Å². The van der Waals surface area contributed by atoms with Crippen molar-refractivity contribution in [3.8, 4) is 16.9 Å². The van der Waals surface area contributed by atoms with Crippen molar-refractivity contribution >= 4 is 11.6 Å². The lowest BCUT2D eigenvalue weighted by molar-refractivity contribution is 0.317. The third-order valence-electron chi connectivity index (χ3n) is 2.50. The van der Waals surface area contributed by atoms with E-state index in [-0.39, 0.29) is 0 Å². The fourth-order valence-electron chi connectivity index (χ4n) is 1.61. The van der Waals surface area contributed by atoms with Gasteiger partial charge in [0.1, 0.15) is 5.75 Å². The van der Waals surface area contributed by atoms with E-state index in [2.05, 4.69) is 19.1 Å². The number of benzene rings is 2. The number of halogens is 1. The summed E-state index contributed by atoms with van der Waals surface area (Å²) in [6, 6.07) is 16.0. The maximum absolute atomic E-state index is 5.86. The zero-order valence-electron chi connectivity index (χ0n) is 9.82. The van der Waals surface area contributed by atoms with Crippen LogP contribution >= 0.6 is 11.6 Å². The molecule has 0 atom stereocenters. The van der Waals surface area contributed by atoms with Gasteiger partial charge in [-0.25, -0.2) is 0 Å². The third kappa shape index (κ3) is 3.24. The van der Waals surface area contributed by atoms with Gasteiger partial charge in [-0.15, -0.1) is 0 Å². The van der Waals surface area contributed by atoms with E-state index in [0.717, 1.165) is 29.4 Å². The molecular weight excluding hydrogens is 232 g/mol. The smallest absolute Gasteiger partial charge is 0.119 e. The first-order valence-corrected chi connectivity index (χ1v) is 6.16. The zero-order chi connectivity index (χ0) is 12.1. The Morgan fingerprint density at radius 1 is 0.882 bits per heavy atom. The summed E-state index contributed by atoms with van der Waals surface area (Å²) in [5, 5.41) is 0.761. The second-order valence-corrected chi connectivity index (χ2v) is 4.32. The summed E-state index contributed by atoms with van der Waals surface area (Å²) in [4.78, 5) is 0. The third-order valence-corrected chi connectivity index (χ3v) is 2.76. The minimum absolute atomic E-state index is 0.761. The predicted octanol–water partition coefficient (Wildman–Crippen LogP) is 4.80. The van der Waals surface area contributed by atoms with E-state index in [4.69, 9.17) is 16.3 Å². The summed E-state index contributed by atoms with van der Waals surface area (Å²) in [5.41, 5.74) is 2.34. The van der Waals surface area contributed by atoms with Crippen LogP contribution in [0.25, 0.3) is 11.1 Å². The summed E-state index contributed by atoms with van der Waals surface area (Å²) in [7, 11) is 0. The van der Waals surface area contributed by atoms with Gasteiger partial charge in [-0.1, -0.05) is 42.8 Å². The van der Waals surface area contributed by atoms with Crippen LogP contribution in [-0.2, 0) is 0 Å². The molecule has 1 nitrogen and oxygen atoms in total. The summed E-state index contributed by atoms with van der Waals surface area (Å²) < 4.78 is 5.54. The minimum Gasteiger partial charge on any atom is -0.494 e.